The largest absolute Gasteiger partial charge is 0.347 e. The summed E-state index contributed by atoms with van der Waals surface area (Å²) in [4.78, 5) is 0. The lowest BCUT2D eigenvalue weighted by atomic mass is 9.95. The fourth-order valence-electron chi connectivity index (χ4n) is 3.38. The van der Waals surface area contributed by atoms with E-state index >= 15 is 0 Å². The van der Waals surface area contributed by atoms with Gasteiger partial charge in [-0.2, -0.15) is 0 Å². The van der Waals surface area contributed by atoms with Crippen molar-refractivity contribution in [3.8, 4) is 0 Å². The standard InChI is InChI=1S/C17H24N2/c1-17(2,18)15-12-19(11-13-7-3-4-8-13)16-10-6-5-9-14(15)16/h5-6,9-10,12-13H,3-4,7-8,11,18H2,1-2H3. The molecule has 0 unspecified atom stereocenters. The number of hydrogen-bond donors (Lipinski definition) is 1. The molecular weight excluding hydrogens is 232 g/mol. The highest BCUT2D eigenvalue weighted by Crippen LogP contribution is 2.32. The monoisotopic (exact) mass is 256 g/mol. The van der Waals surface area contributed by atoms with Gasteiger partial charge in [0.25, 0.3) is 0 Å². The van der Waals surface area contributed by atoms with E-state index in [1.165, 1.54) is 42.1 Å². The highest BCUT2D eigenvalue weighted by molar-refractivity contribution is 5.84. The average Bonchev–Trinajstić information content (AvgIpc) is 2.97. The van der Waals surface area contributed by atoms with Gasteiger partial charge in [0.05, 0.1) is 0 Å². The van der Waals surface area contributed by atoms with Crippen molar-refractivity contribution >= 4 is 10.9 Å². The van der Waals surface area contributed by atoms with E-state index in [4.69, 9.17) is 5.73 Å². The Bertz CT molecular complexity index is 568. The van der Waals surface area contributed by atoms with Crippen LogP contribution in [0.4, 0.5) is 0 Å². The number of nitrogens with two attached hydrogens (primary N) is 1. The maximum Gasteiger partial charge on any atom is 0.0483 e. The summed E-state index contributed by atoms with van der Waals surface area (Å²) in [5, 5.41) is 1.31. The normalized spacial score (nSPS) is 17.4. The minimum Gasteiger partial charge on any atom is -0.347 e. The van der Waals surface area contributed by atoms with Gasteiger partial charge in [0, 0.05) is 29.2 Å². The van der Waals surface area contributed by atoms with E-state index in [1.54, 1.807) is 0 Å². The maximum atomic E-state index is 6.33. The Kier molecular flexibility index (Phi) is 3.14. The van der Waals surface area contributed by atoms with Crippen LogP contribution in [0.1, 0.15) is 45.1 Å². The maximum absolute atomic E-state index is 6.33. The summed E-state index contributed by atoms with van der Waals surface area (Å²) in [5.74, 6) is 0.851. The number of nitrogens with zero attached hydrogens (tertiary/aromatic N) is 1. The molecule has 102 valence electrons. The molecule has 2 nitrogen and oxygen atoms in total. The van der Waals surface area contributed by atoms with Crippen molar-refractivity contribution < 1.29 is 0 Å². The fourth-order valence-corrected chi connectivity index (χ4v) is 3.38. The average molecular weight is 256 g/mol. The van der Waals surface area contributed by atoms with Crippen LogP contribution in [0, 0.1) is 5.92 Å². The van der Waals surface area contributed by atoms with Gasteiger partial charge in [-0.1, -0.05) is 31.0 Å². The summed E-state index contributed by atoms with van der Waals surface area (Å²) in [5.41, 5.74) is 8.65. The molecule has 2 N–H and O–H groups in total. The van der Waals surface area contributed by atoms with Gasteiger partial charge >= 0.3 is 0 Å². The zero-order valence-electron chi connectivity index (χ0n) is 12.0. The van der Waals surface area contributed by atoms with Crippen LogP contribution in [0.2, 0.25) is 0 Å². The van der Waals surface area contributed by atoms with Crippen molar-refractivity contribution in [2.75, 3.05) is 0 Å². The van der Waals surface area contributed by atoms with Gasteiger partial charge in [0.1, 0.15) is 0 Å². The minimum atomic E-state index is -0.277. The summed E-state index contributed by atoms with van der Waals surface area (Å²) in [7, 11) is 0. The summed E-state index contributed by atoms with van der Waals surface area (Å²) in [6.07, 6.45) is 7.85. The topological polar surface area (TPSA) is 30.9 Å². The van der Waals surface area contributed by atoms with Crippen LogP contribution in [-0.4, -0.2) is 4.57 Å². The second kappa shape index (κ2) is 4.68. The zero-order valence-corrected chi connectivity index (χ0v) is 12.0. The number of benzene rings is 1. The predicted octanol–water partition coefficient (Wildman–Crippen LogP) is 4.03. The number of para-hydroxylation sites is 1. The van der Waals surface area contributed by atoms with Gasteiger partial charge in [0.2, 0.25) is 0 Å². The summed E-state index contributed by atoms with van der Waals surface area (Å²) in [6.45, 7) is 5.33. The van der Waals surface area contributed by atoms with Gasteiger partial charge in [-0.15, -0.1) is 0 Å². The third kappa shape index (κ3) is 2.42. The molecule has 0 saturated heterocycles. The van der Waals surface area contributed by atoms with Gasteiger partial charge in [-0.25, -0.2) is 0 Å². The van der Waals surface area contributed by atoms with Crippen molar-refractivity contribution in [3.05, 3.63) is 36.0 Å². The van der Waals surface area contributed by atoms with E-state index in [9.17, 15) is 0 Å². The smallest absolute Gasteiger partial charge is 0.0483 e. The summed E-state index contributed by atoms with van der Waals surface area (Å²) in [6, 6.07) is 8.65. The first-order chi connectivity index (χ1) is 9.05. The second-order valence-corrected chi connectivity index (χ2v) is 6.58. The van der Waals surface area contributed by atoms with Crippen LogP contribution in [0.5, 0.6) is 0 Å². The van der Waals surface area contributed by atoms with Gasteiger partial charge in [-0.3, -0.25) is 0 Å². The molecule has 2 aromatic rings. The Hall–Kier alpha value is -1.28. The molecule has 0 spiro atoms. The number of rotatable bonds is 3. The molecule has 19 heavy (non-hydrogen) atoms. The first-order valence-electron chi connectivity index (χ1n) is 7.43. The predicted molar refractivity (Wildman–Crippen MR) is 81.1 cm³/mol. The lowest BCUT2D eigenvalue weighted by Crippen LogP contribution is -2.28. The molecule has 1 aliphatic rings. The molecule has 2 heteroatoms. The van der Waals surface area contributed by atoms with E-state index in [0.717, 1.165) is 12.5 Å². The summed E-state index contributed by atoms with van der Waals surface area (Å²) < 4.78 is 2.43. The van der Waals surface area contributed by atoms with Crippen molar-refractivity contribution in [1.29, 1.82) is 0 Å². The van der Waals surface area contributed by atoms with Crippen LogP contribution < -0.4 is 5.73 Å². The number of hydrogen-bond acceptors (Lipinski definition) is 1. The highest BCUT2D eigenvalue weighted by atomic mass is 15.0. The van der Waals surface area contributed by atoms with Crippen LogP contribution in [0.15, 0.2) is 30.5 Å². The fraction of sp³-hybridized carbons (Fsp3) is 0.529. The molecular formula is C17H24N2. The van der Waals surface area contributed by atoms with Crippen molar-refractivity contribution in [2.24, 2.45) is 11.7 Å². The molecule has 1 heterocycles. The third-order valence-corrected chi connectivity index (χ3v) is 4.41. The van der Waals surface area contributed by atoms with Crippen molar-refractivity contribution in [2.45, 2.75) is 51.6 Å². The van der Waals surface area contributed by atoms with Crippen LogP contribution in [0.25, 0.3) is 10.9 Å². The molecule has 1 saturated carbocycles. The van der Waals surface area contributed by atoms with Crippen LogP contribution in [-0.2, 0) is 12.1 Å². The SMILES string of the molecule is CC(C)(N)c1cn(CC2CCCC2)c2ccccc12. The van der Waals surface area contributed by atoms with E-state index in [-0.39, 0.29) is 5.54 Å². The first-order valence-corrected chi connectivity index (χ1v) is 7.43. The van der Waals surface area contributed by atoms with Gasteiger partial charge in [0.15, 0.2) is 0 Å². The molecule has 0 bridgehead atoms. The second-order valence-electron chi connectivity index (χ2n) is 6.58. The van der Waals surface area contributed by atoms with E-state index in [0.29, 0.717) is 0 Å². The summed E-state index contributed by atoms with van der Waals surface area (Å²) >= 11 is 0. The Morgan fingerprint density at radius 3 is 2.58 bits per heavy atom. The van der Waals surface area contributed by atoms with E-state index in [2.05, 4.69) is 48.9 Å². The zero-order chi connectivity index (χ0) is 13.5. The van der Waals surface area contributed by atoms with Crippen LogP contribution in [0.3, 0.4) is 0 Å². The molecule has 0 aliphatic heterocycles. The van der Waals surface area contributed by atoms with E-state index < -0.39 is 0 Å². The first kappa shape index (κ1) is 12.7. The van der Waals surface area contributed by atoms with Crippen molar-refractivity contribution in [3.63, 3.8) is 0 Å². The Morgan fingerprint density at radius 2 is 1.89 bits per heavy atom. The lowest BCUT2D eigenvalue weighted by molar-refractivity contribution is 0.462. The minimum absolute atomic E-state index is 0.277. The van der Waals surface area contributed by atoms with E-state index in [1.807, 2.05) is 0 Å². The molecule has 1 aromatic carbocycles. The molecule has 0 atom stereocenters. The molecule has 0 amide bonds. The highest BCUT2D eigenvalue weighted by Gasteiger charge is 2.22. The quantitative estimate of drug-likeness (QED) is 0.883. The van der Waals surface area contributed by atoms with Crippen LogP contribution >= 0.6 is 0 Å². The Balaban J connectivity index is 2.04. The van der Waals surface area contributed by atoms with Gasteiger partial charge < -0.3 is 10.3 Å². The Morgan fingerprint density at radius 1 is 1.21 bits per heavy atom. The molecule has 1 aromatic heterocycles. The molecule has 0 radical (unpaired) electrons. The number of aromatic nitrogens is 1. The van der Waals surface area contributed by atoms with Crippen molar-refractivity contribution in [1.82, 2.24) is 4.57 Å². The Labute approximate surface area is 115 Å². The van der Waals surface area contributed by atoms with Gasteiger partial charge in [-0.05, 0) is 44.2 Å². The lowest BCUT2D eigenvalue weighted by Gasteiger charge is -2.17. The molecule has 1 aliphatic carbocycles. The number of fused-ring (bicyclic) bond motifs is 1. The molecule has 3 rings (SSSR count). The molecule has 1 fully saturated rings. The third-order valence-electron chi connectivity index (χ3n) is 4.41.